The number of hydrogen-bond donors (Lipinski definition) is 1. The number of hydrogen-bond acceptors (Lipinski definition) is 2. The second-order valence-corrected chi connectivity index (χ2v) is 6.76. The Morgan fingerprint density at radius 2 is 2.05 bits per heavy atom. The van der Waals surface area contributed by atoms with Crippen LogP contribution in [0.3, 0.4) is 0 Å². The van der Waals surface area contributed by atoms with Crippen molar-refractivity contribution < 1.29 is 4.39 Å². The van der Waals surface area contributed by atoms with Gasteiger partial charge < -0.3 is 5.32 Å². The number of nitrogens with one attached hydrogen (secondary N) is 1. The minimum absolute atomic E-state index is 0.0905. The van der Waals surface area contributed by atoms with Crippen molar-refractivity contribution in [3.63, 3.8) is 0 Å². The third-order valence-electron chi connectivity index (χ3n) is 4.02. The van der Waals surface area contributed by atoms with Gasteiger partial charge in [0.2, 0.25) is 0 Å². The lowest BCUT2D eigenvalue weighted by atomic mass is 10.00. The van der Waals surface area contributed by atoms with E-state index in [-0.39, 0.29) is 17.9 Å². The molecule has 3 heteroatoms. The molecule has 1 aliphatic heterocycles. The predicted molar refractivity (Wildman–Crippen MR) is 87.2 cm³/mol. The molecule has 0 amide bonds. The molecular formula is C18H20FNS. The maximum atomic E-state index is 13.9. The Bertz CT molecular complexity index is 641. The first-order chi connectivity index (χ1) is 10.1. The molecule has 0 aromatic heterocycles. The first-order valence-electron chi connectivity index (χ1n) is 7.39. The summed E-state index contributed by atoms with van der Waals surface area (Å²) in [5.41, 5.74) is 3.66. The van der Waals surface area contributed by atoms with E-state index < -0.39 is 0 Å². The molecule has 0 radical (unpaired) electrons. The standard InChI is InChI=1S/C18H20FNS/c1-12-5-3-6-14(11-12)13(2)20-17-9-10-21-18-15(17)7-4-8-16(18)19/h3-8,11,13,17,20H,9-10H2,1-2H3/t13-,17?/m0/s1. The van der Waals surface area contributed by atoms with Crippen molar-refractivity contribution in [1.29, 1.82) is 0 Å². The lowest BCUT2D eigenvalue weighted by Crippen LogP contribution is -2.27. The van der Waals surface area contributed by atoms with E-state index in [1.165, 1.54) is 11.1 Å². The highest BCUT2D eigenvalue weighted by molar-refractivity contribution is 7.99. The molecule has 2 atom stereocenters. The molecule has 1 aliphatic rings. The third kappa shape index (κ3) is 3.14. The Morgan fingerprint density at radius 1 is 1.24 bits per heavy atom. The average molecular weight is 301 g/mol. The fourth-order valence-corrected chi connectivity index (χ4v) is 4.04. The summed E-state index contributed by atoms with van der Waals surface area (Å²) in [6, 6.07) is 14.5. The minimum Gasteiger partial charge on any atom is -0.303 e. The highest BCUT2D eigenvalue weighted by atomic mass is 32.2. The molecule has 0 saturated heterocycles. The van der Waals surface area contributed by atoms with Crippen LogP contribution in [0.5, 0.6) is 0 Å². The van der Waals surface area contributed by atoms with Crippen LogP contribution in [-0.2, 0) is 0 Å². The topological polar surface area (TPSA) is 12.0 Å². The summed E-state index contributed by atoms with van der Waals surface area (Å²) in [4.78, 5) is 0.817. The molecule has 1 nitrogen and oxygen atoms in total. The summed E-state index contributed by atoms with van der Waals surface area (Å²) in [5.74, 6) is 0.874. The summed E-state index contributed by atoms with van der Waals surface area (Å²) in [6.07, 6.45) is 1.04. The summed E-state index contributed by atoms with van der Waals surface area (Å²) in [5, 5.41) is 3.67. The Balaban J connectivity index is 1.82. The van der Waals surface area contributed by atoms with Gasteiger partial charge in [-0.1, -0.05) is 42.0 Å². The van der Waals surface area contributed by atoms with Crippen LogP contribution < -0.4 is 5.32 Å². The normalized spacial score (nSPS) is 19.1. The molecule has 110 valence electrons. The van der Waals surface area contributed by atoms with E-state index in [0.717, 1.165) is 22.6 Å². The van der Waals surface area contributed by atoms with Gasteiger partial charge in [-0.15, -0.1) is 11.8 Å². The fourth-order valence-electron chi connectivity index (χ4n) is 2.90. The van der Waals surface area contributed by atoms with Crippen LogP contribution >= 0.6 is 11.8 Å². The Morgan fingerprint density at radius 3 is 2.86 bits per heavy atom. The molecule has 1 unspecified atom stereocenters. The molecule has 1 N–H and O–H groups in total. The summed E-state index contributed by atoms with van der Waals surface area (Å²) in [7, 11) is 0. The minimum atomic E-state index is -0.0905. The van der Waals surface area contributed by atoms with E-state index in [0.29, 0.717) is 0 Å². The molecule has 1 heterocycles. The molecule has 2 aromatic rings. The number of rotatable bonds is 3. The zero-order valence-corrected chi connectivity index (χ0v) is 13.2. The van der Waals surface area contributed by atoms with Crippen LogP contribution in [0.15, 0.2) is 47.4 Å². The van der Waals surface area contributed by atoms with Gasteiger partial charge in [0.05, 0.1) is 0 Å². The maximum Gasteiger partial charge on any atom is 0.137 e. The molecule has 21 heavy (non-hydrogen) atoms. The lowest BCUT2D eigenvalue weighted by Gasteiger charge is -2.29. The van der Waals surface area contributed by atoms with E-state index in [2.05, 4.69) is 43.4 Å². The van der Waals surface area contributed by atoms with Crippen LogP contribution in [0.4, 0.5) is 4.39 Å². The van der Waals surface area contributed by atoms with Gasteiger partial charge in [-0.25, -0.2) is 4.39 Å². The predicted octanol–water partition coefficient (Wildman–Crippen LogP) is 5.02. The number of aryl methyl sites for hydroxylation is 1. The average Bonchev–Trinajstić information content (AvgIpc) is 2.48. The zero-order chi connectivity index (χ0) is 14.8. The van der Waals surface area contributed by atoms with Gasteiger partial charge in [0.1, 0.15) is 5.82 Å². The number of halogens is 1. The Kier molecular flexibility index (Phi) is 4.32. The van der Waals surface area contributed by atoms with E-state index in [4.69, 9.17) is 0 Å². The van der Waals surface area contributed by atoms with Crippen molar-refractivity contribution in [3.05, 3.63) is 65.0 Å². The summed E-state index contributed by atoms with van der Waals surface area (Å²) >= 11 is 1.63. The smallest absolute Gasteiger partial charge is 0.137 e. The van der Waals surface area contributed by atoms with Gasteiger partial charge in [-0.05, 0) is 43.2 Å². The number of fused-ring (bicyclic) bond motifs is 1. The summed E-state index contributed by atoms with van der Waals surface area (Å²) < 4.78 is 13.9. The SMILES string of the molecule is Cc1cccc([C@H](C)NC2CCSc3c(F)cccc32)c1. The van der Waals surface area contributed by atoms with Gasteiger partial charge in [0, 0.05) is 17.0 Å². The maximum absolute atomic E-state index is 13.9. The monoisotopic (exact) mass is 301 g/mol. The quantitative estimate of drug-likeness (QED) is 0.854. The molecule has 2 aromatic carbocycles. The van der Waals surface area contributed by atoms with Gasteiger partial charge in [-0.3, -0.25) is 0 Å². The molecule has 0 saturated carbocycles. The number of benzene rings is 2. The van der Waals surface area contributed by atoms with E-state index in [1.807, 2.05) is 12.1 Å². The van der Waals surface area contributed by atoms with Crippen molar-refractivity contribution in [3.8, 4) is 0 Å². The molecular weight excluding hydrogens is 281 g/mol. The van der Waals surface area contributed by atoms with Crippen molar-refractivity contribution in [1.82, 2.24) is 5.32 Å². The molecule has 0 spiro atoms. The highest BCUT2D eigenvalue weighted by Gasteiger charge is 2.24. The molecule has 3 rings (SSSR count). The van der Waals surface area contributed by atoms with Crippen LogP contribution in [-0.4, -0.2) is 5.75 Å². The third-order valence-corrected chi connectivity index (χ3v) is 5.18. The second-order valence-electron chi connectivity index (χ2n) is 5.65. The fraction of sp³-hybridized carbons (Fsp3) is 0.333. The van der Waals surface area contributed by atoms with E-state index >= 15 is 0 Å². The van der Waals surface area contributed by atoms with Gasteiger partial charge in [-0.2, -0.15) is 0 Å². The van der Waals surface area contributed by atoms with Crippen LogP contribution in [0.1, 0.15) is 42.1 Å². The van der Waals surface area contributed by atoms with Gasteiger partial charge in [0.15, 0.2) is 0 Å². The van der Waals surface area contributed by atoms with Gasteiger partial charge >= 0.3 is 0 Å². The Hall–Kier alpha value is -1.32. The van der Waals surface area contributed by atoms with E-state index in [1.54, 1.807) is 17.8 Å². The van der Waals surface area contributed by atoms with E-state index in [9.17, 15) is 4.39 Å². The van der Waals surface area contributed by atoms with Crippen molar-refractivity contribution in [2.45, 2.75) is 37.2 Å². The van der Waals surface area contributed by atoms with Crippen molar-refractivity contribution in [2.75, 3.05) is 5.75 Å². The zero-order valence-electron chi connectivity index (χ0n) is 12.4. The first-order valence-corrected chi connectivity index (χ1v) is 8.37. The highest BCUT2D eigenvalue weighted by Crippen LogP contribution is 2.38. The molecule has 0 fully saturated rings. The summed E-state index contributed by atoms with van der Waals surface area (Å²) in [6.45, 7) is 4.29. The van der Waals surface area contributed by atoms with Crippen LogP contribution in [0, 0.1) is 12.7 Å². The molecule has 0 aliphatic carbocycles. The second kappa shape index (κ2) is 6.20. The van der Waals surface area contributed by atoms with Crippen molar-refractivity contribution >= 4 is 11.8 Å². The van der Waals surface area contributed by atoms with Crippen LogP contribution in [0.2, 0.25) is 0 Å². The van der Waals surface area contributed by atoms with Crippen LogP contribution in [0.25, 0.3) is 0 Å². The molecule has 0 bridgehead atoms. The first kappa shape index (κ1) is 14.6. The lowest BCUT2D eigenvalue weighted by molar-refractivity contribution is 0.444. The largest absolute Gasteiger partial charge is 0.303 e. The number of thioether (sulfide) groups is 1. The Labute approximate surface area is 130 Å². The van der Waals surface area contributed by atoms with Crippen molar-refractivity contribution in [2.24, 2.45) is 0 Å². The van der Waals surface area contributed by atoms with Gasteiger partial charge in [0.25, 0.3) is 0 Å².